The number of hydrogen-bond acceptors (Lipinski definition) is 6. The van der Waals surface area contributed by atoms with Crippen LogP contribution in [-0.4, -0.2) is 55.0 Å². The maximum Gasteiger partial charge on any atom is 0.325 e. The van der Waals surface area contributed by atoms with Gasteiger partial charge in [0.25, 0.3) is 5.91 Å². The molecule has 0 fully saturated rings. The summed E-state index contributed by atoms with van der Waals surface area (Å²) >= 11 is 0. The zero-order chi connectivity index (χ0) is 29.7. The Bertz CT molecular complexity index is 1480. The Balaban J connectivity index is 1.48. The van der Waals surface area contributed by atoms with Crippen LogP contribution in [0.25, 0.3) is 11.1 Å². The summed E-state index contributed by atoms with van der Waals surface area (Å²) in [4.78, 5) is 54.1. The highest BCUT2D eigenvalue weighted by atomic mass is 16.5. The van der Waals surface area contributed by atoms with Crippen LogP contribution in [0.3, 0.4) is 0 Å². The molecule has 0 aromatic heterocycles. The van der Waals surface area contributed by atoms with Crippen LogP contribution in [0.5, 0.6) is 0 Å². The SMILES string of the molecule is CC1(C)CC(=O)N[C@@H]2CCc3ccccc3N(Cc3ccc(cc3)-c3ccccc3C(=O)NCC(=O)OCCN1)C2=O. The number of carbonyl (C=O) groups excluding carboxylic acids is 4. The van der Waals surface area contributed by atoms with E-state index in [4.69, 9.17) is 4.74 Å². The average Bonchev–Trinajstić information content (AvgIpc) is 3.10. The molecule has 0 unspecified atom stereocenters. The van der Waals surface area contributed by atoms with E-state index in [2.05, 4.69) is 16.0 Å². The first-order chi connectivity index (χ1) is 20.2. The fourth-order valence-corrected chi connectivity index (χ4v) is 5.48. The molecule has 0 radical (unpaired) electrons. The monoisotopic (exact) mass is 568 g/mol. The molecule has 3 aromatic carbocycles. The van der Waals surface area contributed by atoms with Gasteiger partial charge in [0, 0.05) is 29.8 Å². The second-order valence-electron chi connectivity index (χ2n) is 11.3. The van der Waals surface area contributed by atoms with Crippen molar-refractivity contribution in [3.8, 4) is 11.1 Å². The Morgan fingerprint density at radius 2 is 1.60 bits per heavy atom. The number of hydrogen-bond donors (Lipinski definition) is 3. The summed E-state index contributed by atoms with van der Waals surface area (Å²) in [7, 11) is 0. The van der Waals surface area contributed by atoms with Gasteiger partial charge in [-0.15, -0.1) is 0 Å². The predicted molar refractivity (Wildman–Crippen MR) is 160 cm³/mol. The Morgan fingerprint density at radius 1 is 0.881 bits per heavy atom. The molecule has 1 atom stereocenters. The van der Waals surface area contributed by atoms with Gasteiger partial charge in [-0.25, -0.2) is 0 Å². The largest absolute Gasteiger partial charge is 0.463 e. The number of esters is 1. The zero-order valence-electron chi connectivity index (χ0n) is 23.9. The van der Waals surface area contributed by atoms with E-state index in [1.165, 1.54) is 0 Å². The van der Waals surface area contributed by atoms with Crippen LogP contribution in [0.1, 0.15) is 48.2 Å². The lowest BCUT2D eigenvalue weighted by Crippen LogP contribution is -2.51. The normalized spacial score (nSPS) is 20.0. The van der Waals surface area contributed by atoms with Crippen LogP contribution in [0.4, 0.5) is 5.69 Å². The number of rotatable bonds is 0. The molecule has 3 amide bonds. The molecule has 6 rings (SSSR count). The van der Waals surface area contributed by atoms with Gasteiger partial charge in [-0.05, 0) is 61.1 Å². The molecule has 4 bridgehead atoms. The predicted octanol–water partition coefficient (Wildman–Crippen LogP) is 3.36. The number of benzene rings is 3. The van der Waals surface area contributed by atoms with Crippen LogP contribution >= 0.6 is 0 Å². The molecule has 0 spiro atoms. The molecule has 218 valence electrons. The van der Waals surface area contributed by atoms with Gasteiger partial charge in [-0.3, -0.25) is 19.2 Å². The van der Waals surface area contributed by atoms with Gasteiger partial charge >= 0.3 is 5.97 Å². The van der Waals surface area contributed by atoms with Crippen molar-refractivity contribution in [2.75, 3.05) is 24.6 Å². The summed E-state index contributed by atoms with van der Waals surface area (Å²) in [5.41, 5.74) is 4.20. The molecule has 9 heteroatoms. The van der Waals surface area contributed by atoms with Gasteiger partial charge in [0.15, 0.2) is 0 Å². The van der Waals surface area contributed by atoms with E-state index in [0.29, 0.717) is 31.5 Å². The minimum absolute atomic E-state index is 0.0804. The van der Waals surface area contributed by atoms with E-state index in [9.17, 15) is 19.2 Å². The van der Waals surface area contributed by atoms with Crippen LogP contribution in [0.15, 0.2) is 72.8 Å². The fourth-order valence-electron chi connectivity index (χ4n) is 5.48. The molecular formula is C33H36N4O5. The van der Waals surface area contributed by atoms with E-state index in [1.807, 2.05) is 74.5 Å². The Labute approximate surface area is 245 Å². The van der Waals surface area contributed by atoms with E-state index in [0.717, 1.165) is 27.9 Å². The van der Waals surface area contributed by atoms with E-state index in [-0.39, 0.29) is 37.3 Å². The van der Waals surface area contributed by atoms with Gasteiger partial charge in [0.2, 0.25) is 11.8 Å². The van der Waals surface area contributed by atoms with Gasteiger partial charge in [-0.2, -0.15) is 0 Å². The summed E-state index contributed by atoms with van der Waals surface area (Å²) in [6.07, 6.45) is 1.29. The second kappa shape index (κ2) is 12.6. The summed E-state index contributed by atoms with van der Waals surface area (Å²) in [5.74, 6) is -1.32. The molecule has 42 heavy (non-hydrogen) atoms. The first kappa shape index (κ1) is 29.0. The maximum atomic E-state index is 13.9. The number of para-hydroxylation sites is 1. The number of aryl methyl sites for hydroxylation is 1. The summed E-state index contributed by atoms with van der Waals surface area (Å²) in [5, 5.41) is 8.88. The summed E-state index contributed by atoms with van der Waals surface area (Å²) in [6, 6.07) is 22.1. The molecule has 3 aliphatic rings. The first-order valence-electron chi connectivity index (χ1n) is 14.3. The molecule has 3 aromatic rings. The van der Waals surface area contributed by atoms with Crippen LogP contribution < -0.4 is 20.9 Å². The number of carbonyl (C=O) groups is 4. The lowest BCUT2D eigenvalue weighted by molar-refractivity contribution is -0.142. The van der Waals surface area contributed by atoms with E-state index < -0.39 is 17.6 Å². The summed E-state index contributed by atoms with van der Waals surface area (Å²) in [6.45, 7) is 4.24. The van der Waals surface area contributed by atoms with Crippen molar-refractivity contribution < 1.29 is 23.9 Å². The molecular weight excluding hydrogens is 532 g/mol. The van der Waals surface area contributed by atoms with Crippen molar-refractivity contribution in [3.05, 3.63) is 89.5 Å². The average molecular weight is 569 g/mol. The third-order valence-electron chi connectivity index (χ3n) is 7.63. The number of fused-ring (bicyclic) bond motifs is 14. The smallest absolute Gasteiger partial charge is 0.325 e. The molecule has 0 aliphatic carbocycles. The quantitative estimate of drug-likeness (QED) is 0.283. The minimum atomic E-state index is -0.663. The highest BCUT2D eigenvalue weighted by molar-refractivity contribution is 6.02. The topological polar surface area (TPSA) is 117 Å². The third kappa shape index (κ3) is 6.86. The number of amides is 3. The molecule has 0 saturated carbocycles. The molecule has 3 N–H and O–H groups in total. The van der Waals surface area contributed by atoms with Gasteiger partial charge < -0.3 is 25.6 Å². The molecule has 0 saturated heterocycles. The van der Waals surface area contributed by atoms with E-state index >= 15 is 0 Å². The minimum Gasteiger partial charge on any atom is -0.463 e. The molecule has 9 nitrogen and oxygen atoms in total. The summed E-state index contributed by atoms with van der Waals surface area (Å²) < 4.78 is 5.27. The Kier molecular flexibility index (Phi) is 8.68. The lowest BCUT2D eigenvalue weighted by atomic mass is 9.98. The standard InChI is InChI=1S/C33H36N4O5/c1-33(2)19-29(38)36-27-16-15-24-7-3-6-10-28(24)37(32(27)41)21-22-11-13-23(14-12-22)25-8-4-5-9-26(25)31(40)34-20-30(39)42-18-17-35-33/h3-14,27,35H,15-21H2,1-2H3,(H,34,40)(H,36,38)/t27-/m1/s1. The van der Waals surface area contributed by atoms with Crippen molar-refractivity contribution in [1.29, 1.82) is 0 Å². The Hall–Kier alpha value is -4.50. The first-order valence-corrected chi connectivity index (χ1v) is 14.3. The van der Waals surface area contributed by atoms with Crippen LogP contribution in [0, 0.1) is 0 Å². The highest BCUT2D eigenvalue weighted by Gasteiger charge is 2.32. The van der Waals surface area contributed by atoms with Crippen molar-refractivity contribution in [3.63, 3.8) is 0 Å². The number of anilines is 1. The van der Waals surface area contributed by atoms with E-state index in [1.54, 1.807) is 17.0 Å². The van der Waals surface area contributed by atoms with Crippen molar-refractivity contribution in [2.24, 2.45) is 0 Å². The molecule has 3 aliphatic heterocycles. The highest BCUT2D eigenvalue weighted by Crippen LogP contribution is 2.30. The van der Waals surface area contributed by atoms with Gasteiger partial charge in [-0.1, -0.05) is 60.7 Å². The van der Waals surface area contributed by atoms with Crippen molar-refractivity contribution in [2.45, 2.75) is 51.2 Å². The van der Waals surface area contributed by atoms with Crippen LogP contribution in [-0.2, 0) is 32.1 Å². The number of nitrogens with zero attached hydrogens (tertiary/aromatic N) is 1. The van der Waals surface area contributed by atoms with Gasteiger partial charge in [0.1, 0.15) is 19.2 Å². The molecule has 3 heterocycles. The Morgan fingerprint density at radius 3 is 2.38 bits per heavy atom. The second-order valence-corrected chi connectivity index (χ2v) is 11.3. The zero-order valence-corrected chi connectivity index (χ0v) is 23.9. The third-order valence-corrected chi connectivity index (χ3v) is 7.63. The van der Waals surface area contributed by atoms with Crippen molar-refractivity contribution in [1.82, 2.24) is 16.0 Å². The van der Waals surface area contributed by atoms with Crippen molar-refractivity contribution >= 4 is 29.4 Å². The fraction of sp³-hybridized carbons (Fsp3) is 0.333. The lowest BCUT2D eigenvalue weighted by Gasteiger charge is -2.29. The number of ether oxygens (including phenoxy) is 1. The maximum absolute atomic E-state index is 13.9. The van der Waals surface area contributed by atoms with Gasteiger partial charge in [0.05, 0.1) is 6.54 Å². The van der Waals surface area contributed by atoms with Crippen LogP contribution in [0.2, 0.25) is 0 Å². The number of nitrogens with one attached hydrogen (secondary N) is 3.